The number of aromatic amines is 1. The van der Waals surface area contributed by atoms with Crippen LogP contribution in [0.1, 0.15) is 15.9 Å². The third-order valence-electron chi connectivity index (χ3n) is 2.22. The van der Waals surface area contributed by atoms with E-state index in [1.807, 2.05) is 6.07 Å². The second-order valence-corrected chi connectivity index (χ2v) is 3.43. The van der Waals surface area contributed by atoms with Gasteiger partial charge in [0.2, 0.25) is 0 Å². The maximum Gasteiger partial charge on any atom is 0.260 e. The van der Waals surface area contributed by atoms with Crippen LogP contribution >= 0.6 is 0 Å². The molecule has 0 aliphatic heterocycles. The Morgan fingerprint density at radius 3 is 2.94 bits per heavy atom. The second kappa shape index (κ2) is 4.47. The fourth-order valence-corrected chi connectivity index (χ4v) is 1.35. The minimum atomic E-state index is -0.663. The Kier molecular flexibility index (Phi) is 2.85. The molecule has 1 heterocycles. The van der Waals surface area contributed by atoms with Crippen molar-refractivity contribution in [2.24, 2.45) is 0 Å². The van der Waals surface area contributed by atoms with Crippen LogP contribution in [0.25, 0.3) is 0 Å². The Balaban J connectivity index is 2.28. The third-order valence-corrected chi connectivity index (χ3v) is 2.22. The Morgan fingerprint density at radius 1 is 1.44 bits per heavy atom. The summed E-state index contributed by atoms with van der Waals surface area (Å²) >= 11 is 0. The maximum absolute atomic E-state index is 11.8. The highest BCUT2D eigenvalue weighted by Crippen LogP contribution is 2.23. The van der Waals surface area contributed by atoms with Gasteiger partial charge in [0.25, 0.3) is 5.91 Å². The minimum Gasteiger partial charge on any atom is -0.508 e. The zero-order chi connectivity index (χ0) is 13.1. The van der Waals surface area contributed by atoms with E-state index >= 15 is 0 Å². The number of anilines is 1. The number of nitriles is 1. The summed E-state index contributed by atoms with van der Waals surface area (Å²) in [6, 6.07) is 5.41. The van der Waals surface area contributed by atoms with Gasteiger partial charge in [-0.3, -0.25) is 9.89 Å². The predicted octanol–water partition coefficient (Wildman–Crippen LogP) is 0.945. The quantitative estimate of drug-likeness (QED) is 0.585. The van der Waals surface area contributed by atoms with Gasteiger partial charge in [0.05, 0.1) is 11.8 Å². The van der Waals surface area contributed by atoms with Crippen LogP contribution in [-0.2, 0) is 0 Å². The van der Waals surface area contributed by atoms with Crippen molar-refractivity contribution in [1.29, 1.82) is 5.26 Å². The van der Waals surface area contributed by atoms with Gasteiger partial charge in [0.15, 0.2) is 0 Å². The summed E-state index contributed by atoms with van der Waals surface area (Å²) in [4.78, 5) is 11.8. The standard InChI is InChI=1S/C11H8N4O3/c12-4-6-5-13-15-10(6)14-11(18)8-3-7(16)1-2-9(8)17/h1-3,5,16-17H,(H2,13,14,15,18). The number of phenolic OH excluding ortho intramolecular Hbond substituents is 2. The van der Waals surface area contributed by atoms with Crippen LogP contribution in [0.15, 0.2) is 24.4 Å². The molecule has 1 aromatic carbocycles. The zero-order valence-corrected chi connectivity index (χ0v) is 9.01. The topological polar surface area (TPSA) is 122 Å². The van der Waals surface area contributed by atoms with E-state index in [4.69, 9.17) is 5.26 Å². The molecule has 0 spiro atoms. The molecule has 2 rings (SSSR count). The lowest BCUT2D eigenvalue weighted by Crippen LogP contribution is -2.13. The molecule has 0 aliphatic carbocycles. The summed E-state index contributed by atoms with van der Waals surface area (Å²) in [5, 5.41) is 35.9. The van der Waals surface area contributed by atoms with E-state index in [0.29, 0.717) is 0 Å². The van der Waals surface area contributed by atoms with Gasteiger partial charge < -0.3 is 15.5 Å². The van der Waals surface area contributed by atoms with Gasteiger partial charge >= 0.3 is 0 Å². The molecule has 18 heavy (non-hydrogen) atoms. The lowest BCUT2D eigenvalue weighted by molar-refractivity contribution is 0.102. The fourth-order valence-electron chi connectivity index (χ4n) is 1.35. The van der Waals surface area contributed by atoms with E-state index in [-0.39, 0.29) is 28.4 Å². The molecule has 7 nitrogen and oxygen atoms in total. The number of hydrogen-bond acceptors (Lipinski definition) is 5. The van der Waals surface area contributed by atoms with Gasteiger partial charge in [-0.25, -0.2) is 0 Å². The first kappa shape index (κ1) is 11.5. The summed E-state index contributed by atoms with van der Waals surface area (Å²) in [6.45, 7) is 0. The molecule has 0 aliphatic rings. The van der Waals surface area contributed by atoms with Gasteiger partial charge in [0, 0.05) is 0 Å². The molecule has 0 saturated carbocycles. The summed E-state index contributed by atoms with van der Waals surface area (Å²) in [5.41, 5.74) is 0.0662. The van der Waals surface area contributed by atoms with Crippen molar-refractivity contribution in [3.8, 4) is 17.6 Å². The predicted molar refractivity (Wildman–Crippen MR) is 61.0 cm³/mol. The number of nitrogens with zero attached hydrogens (tertiary/aromatic N) is 2. The molecular weight excluding hydrogens is 236 g/mol. The highest BCUT2D eigenvalue weighted by Gasteiger charge is 2.14. The van der Waals surface area contributed by atoms with Crippen molar-refractivity contribution in [1.82, 2.24) is 10.2 Å². The van der Waals surface area contributed by atoms with Crippen LogP contribution in [0.4, 0.5) is 5.82 Å². The van der Waals surface area contributed by atoms with E-state index in [1.54, 1.807) is 0 Å². The number of H-pyrrole nitrogens is 1. The van der Waals surface area contributed by atoms with E-state index in [0.717, 1.165) is 6.07 Å². The Labute approximate surface area is 101 Å². The van der Waals surface area contributed by atoms with Crippen LogP contribution in [0.3, 0.4) is 0 Å². The molecule has 7 heteroatoms. The smallest absolute Gasteiger partial charge is 0.260 e. The van der Waals surface area contributed by atoms with Crippen molar-refractivity contribution in [2.45, 2.75) is 0 Å². The fraction of sp³-hybridized carbons (Fsp3) is 0. The van der Waals surface area contributed by atoms with Gasteiger partial charge in [-0.05, 0) is 18.2 Å². The van der Waals surface area contributed by atoms with Gasteiger partial charge in [-0.2, -0.15) is 10.4 Å². The number of phenols is 2. The molecular formula is C11H8N4O3. The van der Waals surface area contributed by atoms with Crippen LogP contribution in [-0.4, -0.2) is 26.3 Å². The highest BCUT2D eigenvalue weighted by atomic mass is 16.3. The van der Waals surface area contributed by atoms with Crippen LogP contribution in [0.5, 0.6) is 11.5 Å². The van der Waals surface area contributed by atoms with Gasteiger partial charge in [-0.15, -0.1) is 0 Å². The molecule has 0 saturated heterocycles. The van der Waals surface area contributed by atoms with Crippen molar-refractivity contribution < 1.29 is 15.0 Å². The van der Waals surface area contributed by atoms with Crippen molar-refractivity contribution in [3.63, 3.8) is 0 Å². The minimum absolute atomic E-state index is 0.103. The molecule has 0 unspecified atom stereocenters. The number of aromatic nitrogens is 2. The molecule has 90 valence electrons. The first-order valence-electron chi connectivity index (χ1n) is 4.88. The molecule has 4 N–H and O–H groups in total. The summed E-state index contributed by atoms with van der Waals surface area (Å²) < 4.78 is 0. The van der Waals surface area contributed by atoms with E-state index in [2.05, 4.69) is 15.5 Å². The van der Waals surface area contributed by atoms with E-state index < -0.39 is 5.91 Å². The molecule has 0 atom stereocenters. The monoisotopic (exact) mass is 244 g/mol. The van der Waals surface area contributed by atoms with Crippen LogP contribution in [0, 0.1) is 11.3 Å². The number of aromatic hydroxyl groups is 2. The zero-order valence-electron chi connectivity index (χ0n) is 9.01. The first-order valence-corrected chi connectivity index (χ1v) is 4.88. The third kappa shape index (κ3) is 2.08. The molecule has 0 fully saturated rings. The number of rotatable bonds is 2. The van der Waals surface area contributed by atoms with E-state index in [9.17, 15) is 15.0 Å². The molecule has 0 bridgehead atoms. The normalized spacial score (nSPS) is 9.72. The molecule has 1 amide bonds. The van der Waals surface area contributed by atoms with Crippen LogP contribution < -0.4 is 5.32 Å². The van der Waals surface area contributed by atoms with Crippen molar-refractivity contribution in [3.05, 3.63) is 35.5 Å². The average Bonchev–Trinajstić information content (AvgIpc) is 2.79. The second-order valence-electron chi connectivity index (χ2n) is 3.43. The SMILES string of the molecule is N#Cc1cn[nH]c1NC(=O)c1cc(O)ccc1O. The Bertz CT molecular complexity index is 642. The number of carbonyl (C=O) groups is 1. The average molecular weight is 244 g/mol. The largest absolute Gasteiger partial charge is 0.508 e. The summed E-state index contributed by atoms with van der Waals surface area (Å²) in [5.74, 6) is -0.958. The van der Waals surface area contributed by atoms with E-state index in [1.165, 1.54) is 18.3 Å². The summed E-state index contributed by atoms with van der Waals surface area (Å²) in [7, 11) is 0. The molecule has 0 radical (unpaired) electrons. The lowest BCUT2D eigenvalue weighted by Gasteiger charge is -2.05. The summed E-state index contributed by atoms with van der Waals surface area (Å²) in [6.07, 6.45) is 1.26. The Morgan fingerprint density at radius 2 is 2.22 bits per heavy atom. The van der Waals surface area contributed by atoms with Crippen LogP contribution in [0.2, 0.25) is 0 Å². The van der Waals surface area contributed by atoms with Crippen molar-refractivity contribution >= 4 is 11.7 Å². The first-order chi connectivity index (χ1) is 8.61. The number of hydrogen-bond donors (Lipinski definition) is 4. The highest BCUT2D eigenvalue weighted by molar-refractivity contribution is 6.06. The lowest BCUT2D eigenvalue weighted by atomic mass is 10.1. The Hall–Kier alpha value is -3.01. The maximum atomic E-state index is 11.8. The number of nitrogens with one attached hydrogen (secondary N) is 2. The van der Waals surface area contributed by atoms with Crippen molar-refractivity contribution in [2.75, 3.05) is 5.32 Å². The molecule has 2 aromatic rings. The number of amides is 1. The van der Waals surface area contributed by atoms with Gasteiger partial charge in [-0.1, -0.05) is 0 Å². The van der Waals surface area contributed by atoms with Gasteiger partial charge in [0.1, 0.15) is 28.9 Å². The number of benzene rings is 1. The molecule has 1 aromatic heterocycles. The number of carbonyl (C=O) groups excluding carboxylic acids is 1.